The maximum atomic E-state index is 12.3. The van der Waals surface area contributed by atoms with E-state index in [1.165, 1.54) is 31.7 Å². The molecule has 2 fully saturated rings. The van der Waals surface area contributed by atoms with Crippen molar-refractivity contribution in [1.29, 1.82) is 0 Å². The number of rotatable bonds is 7. The fourth-order valence-electron chi connectivity index (χ4n) is 4.03. The van der Waals surface area contributed by atoms with Crippen LogP contribution < -0.4 is 10.2 Å². The van der Waals surface area contributed by atoms with Crippen molar-refractivity contribution in [2.75, 3.05) is 24.5 Å². The lowest BCUT2D eigenvalue weighted by atomic mass is 10.0. The Hall–Kier alpha value is -2.11. The first-order valence-electron chi connectivity index (χ1n) is 9.47. The van der Waals surface area contributed by atoms with Crippen LogP contribution in [0.2, 0.25) is 0 Å². The predicted molar refractivity (Wildman–Crippen MR) is 98.1 cm³/mol. The van der Waals surface area contributed by atoms with E-state index in [-0.39, 0.29) is 16.5 Å². The summed E-state index contributed by atoms with van der Waals surface area (Å²) < 4.78 is 0. The number of nitrogens with one attached hydrogen (secondary N) is 1. The van der Waals surface area contributed by atoms with Gasteiger partial charge in [0.15, 0.2) is 0 Å². The summed E-state index contributed by atoms with van der Waals surface area (Å²) in [7, 11) is 0. The number of nitrogens with zero attached hydrogens (tertiary/aromatic N) is 2. The van der Waals surface area contributed by atoms with E-state index < -0.39 is 0 Å². The molecule has 1 aromatic rings. The quantitative estimate of drug-likeness (QED) is 0.462. The fraction of sp³-hybridized carbons (Fsp3) is 0.632. The molecule has 1 aliphatic heterocycles. The summed E-state index contributed by atoms with van der Waals surface area (Å²) in [5.41, 5.74) is 1.02. The average molecular weight is 345 g/mol. The molecule has 6 heteroatoms. The highest BCUT2D eigenvalue weighted by Crippen LogP contribution is 2.31. The van der Waals surface area contributed by atoms with Gasteiger partial charge in [0, 0.05) is 31.3 Å². The van der Waals surface area contributed by atoms with Crippen LogP contribution in [0.4, 0.5) is 11.4 Å². The minimum atomic E-state index is -0.384. The zero-order chi connectivity index (χ0) is 17.6. The largest absolute Gasteiger partial charge is 0.366 e. The highest BCUT2D eigenvalue weighted by atomic mass is 16.6. The Morgan fingerprint density at radius 2 is 1.92 bits per heavy atom. The maximum absolute atomic E-state index is 12.3. The zero-order valence-corrected chi connectivity index (χ0v) is 14.7. The molecule has 1 N–H and O–H groups in total. The van der Waals surface area contributed by atoms with E-state index in [4.69, 9.17) is 0 Å². The highest BCUT2D eigenvalue weighted by molar-refractivity contribution is 5.95. The Morgan fingerprint density at radius 1 is 1.20 bits per heavy atom. The van der Waals surface area contributed by atoms with Crippen LogP contribution in [-0.2, 0) is 0 Å². The van der Waals surface area contributed by atoms with Gasteiger partial charge >= 0.3 is 0 Å². The first-order valence-corrected chi connectivity index (χ1v) is 9.47. The van der Waals surface area contributed by atoms with E-state index in [1.807, 2.05) is 4.90 Å². The molecule has 0 aromatic heterocycles. The van der Waals surface area contributed by atoms with E-state index >= 15 is 0 Å². The molecule has 2 aliphatic rings. The molecule has 1 aliphatic carbocycles. The number of carbonyl (C=O) groups excluding carboxylic acids is 1. The molecule has 0 spiro atoms. The van der Waals surface area contributed by atoms with Crippen LogP contribution in [0.15, 0.2) is 18.2 Å². The van der Waals surface area contributed by atoms with Gasteiger partial charge in [-0.1, -0.05) is 25.7 Å². The Labute approximate surface area is 148 Å². The molecule has 25 heavy (non-hydrogen) atoms. The Balaban J connectivity index is 1.57. The monoisotopic (exact) mass is 345 g/mol. The molecule has 1 aromatic carbocycles. The summed E-state index contributed by atoms with van der Waals surface area (Å²) in [6, 6.07) is 4.84. The second-order valence-corrected chi connectivity index (χ2v) is 7.20. The van der Waals surface area contributed by atoms with Gasteiger partial charge in [0.05, 0.1) is 4.92 Å². The summed E-state index contributed by atoms with van der Waals surface area (Å²) in [4.78, 5) is 25.4. The lowest BCUT2D eigenvalue weighted by Gasteiger charge is -2.17. The first kappa shape index (κ1) is 17.7. The molecule has 0 bridgehead atoms. The number of hydrogen-bond donors (Lipinski definition) is 1. The van der Waals surface area contributed by atoms with Crippen LogP contribution in [0.5, 0.6) is 0 Å². The van der Waals surface area contributed by atoms with E-state index in [2.05, 4.69) is 5.32 Å². The molecule has 0 radical (unpaired) electrons. The number of carbonyl (C=O) groups is 1. The standard InChI is InChI=1S/C19H27N3O3/c23-19(20-11-5-8-15-6-1-2-7-15)16-9-10-17(18(14-16)22(24)25)21-12-3-4-13-21/h9-10,14-15H,1-8,11-13H2,(H,20,23). The number of nitro groups is 1. The Kier molecular flexibility index (Phi) is 5.89. The highest BCUT2D eigenvalue weighted by Gasteiger charge is 2.23. The van der Waals surface area contributed by atoms with Crippen molar-refractivity contribution in [3.63, 3.8) is 0 Å². The third-order valence-corrected chi connectivity index (χ3v) is 5.43. The second-order valence-electron chi connectivity index (χ2n) is 7.20. The van der Waals surface area contributed by atoms with Crippen LogP contribution >= 0.6 is 0 Å². The van der Waals surface area contributed by atoms with Gasteiger partial charge in [0.2, 0.25) is 0 Å². The minimum Gasteiger partial charge on any atom is -0.366 e. The molecular formula is C19H27N3O3. The third kappa shape index (κ3) is 4.50. The average Bonchev–Trinajstić information content (AvgIpc) is 3.31. The SMILES string of the molecule is O=C(NCCCC1CCCC1)c1ccc(N2CCCC2)c([N+](=O)[O-])c1. The molecular weight excluding hydrogens is 318 g/mol. The molecule has 3 rings (SSSR count). The van der Waals surface area contributed by atoms with Crippen molar-refractivity contribution in [2.24, 2.45) is 5.92 Å². The summed E-state index contributed by atoms with van der Waals surface area (Å²) in [6.07, 6.45) is 9.56. The predicted octanol–water partition coefficient (Wildman–Crippen LogP) is 3.90. The van der Waals surface area contributed by atoms with E-state index in [0.717, 1.165) is 44.7 Å². The van der Waals surface area contributed by atoms with Gasteiger partial charge in [-0.3, -0.25) is 14.9 Å². The van der Waals surface area contributed by atoms with Gasteiger partial charge in [-0.25, -0.2) is 0 Å². The van der Waals surface area contributed by atoms with Gasteiger partial charge in [-0.15, -0.1) is 0 Å². The second kappa shape index (κ2) is 8.32. The molecule has 136 valence electrons. The van der Waals surface area contributed by atoms with Crippen LogP contribution in [0.3, 0.4) is 0 Å². The molecule has 1 saturated carbocycles. The first-order chi connectivity index (χ1) is 12.1. The van der Waals surface area contributed by atoms with Gasteiger partial charge in [0.25, 0.3) is 11.6 Å². The minimum absolute atomic E-state index is 0.0282. The molecule has 1 amide bonds. The number of benzene rings is 1. The van der Waals surface area contributed by atoms with Gasteiger partial charge in [0.1, 0.15) is 5.69 Å². The van der Waals surface area contributed by atoms with E-state index in [1.54, 1.807) is 12.1 Å². The van der Waals surface area contributed by atoms with Crippen molar-refractivity contribution >= 4 is 17.3 Å². The topological polar surface area (TPSA) is 75.5 Å². The van der Waals surface area contributed by atoms with Crippen molar-refractivity contribution in [3.05, 3.63) is 33.9 Å². The molecule has 1 saturated heterocycles. The van der Waals surface area contributed by atoms with Crippen LogP contribution in [0.1, 0.15) is 61.7 Å². The fourth-order valence-corrected chi connectivity index (χ4v) is 4.03. The lowest BCUT2D eigenvalue weighted by molar-refractivity contribution is -0.384. The van der Waals surface area contributed by atoms with E-state index in [0.29, 0.717) is 17.8 Å². The lowest BCUT2D eigenvalue weighted by Crippen LogP contribution is -2.25. The Bertz CT molecular complexity index is 620. The van der Waals surface area contributed by atoms with Crippen molar-refractivity contribution in [1.82, 2.24) is 5.32 Å². The maximum Gasteiger partial charge on any atom is 0.293 e. The Morgan fingerprint density at radius 3 is 2.60 bits per heavy atom. The number of anilines is 1. The van der Waals surface area contributed by atoms with Crippen molar-refractivity contribution in [2.45, 2.75) is 51.4 Å². The number of hydrogen-bond acceptors (Lipinski definition) is 4. The summed E-state index contributed by atoms with van der Waals surface area (Å²) in [5.74, 6) is 0.597. The third-order valence-electron chi connectivity index (χ3n) is 5.43. The number of nitro benzene ring substituents is 1. The molecule has 6 nitrogen and oxygen atoms in total. The van der Waals surface area contributed by atoms with Gasteiger partial charge in [-0.2, -0.15) is 0 Å². The van der Waals surface area contributed by atoms with Crippen LogP contribution in [0.25, 0.3) is 0 Å². The van der Waals surface area contributed by atoms with E-state index in [9.17, 15) is 14.9 Å². The van der Waals surface area contributed by atoms with Crippen molar-refractivity contribution in [3.8, 4) is 0 Å². The molecule has 0 unspecified atom stereocenters. The summed E-state index contributed by atoms with van der Waals surface area (Å²) in [5, 5.41) is 14.3. The van der Waals surface area contributed by atoms with Gasteiger partial charge < -0.3 is 10.2 Å². The van der Waals surface area contributed by atoms with Crippen molar-refractivity contribution < 1.29 is 9.72 Å². The number of amides is 1. The zero-order valence-electron chi connectivity index (χ0n) is 14.7. The summed E-state index contributed by atoms with van der Waals surface area (Å²) >= 11 is 0. The van der Waals surface area contributed by atoms with Gasteiger partial charge in [-0.05, 0) is 43.7 Å². The smallest absolute Gasteiger partial charge is 0.293 e. The molecule has 0 atom stereocenters. The summed E-state index contributed by atoms with van der Waals surface area (Å²) in [6.45, 7) is 2.32. The molecule has 1 heterocycles. The van der Waals surface area contributed by atoms with Crippen LogP contribution in [0, 0.1) is 16.0 Å². The van der Waals surface area contributed by atoms with Crippen LogP contribution in [-0.4, -0.2) is 30.5 Å². The normalized spacial score (nSPS) is 17.8.